The molecule has 0 spiro atoms. The molecular weight excluding hydrogens is 238 g/mol. The molecule has 4 nitrogen and oxygen atoms in total. The van der Waals surface area contributed by atoms with Gasteiger partial charge in [-0.15, -0.1) is 12.4 Å². The smallest absolute Gasteiger partial charge is 0.240 e. The predicted octanol–water partition coefficient (Wildman–Crippen LogP) is 0.762. The van der Waals surface area contributed by atoms with E-state index in [1.807, 2.05) is 0 Å². The minimum Gasteiger partial charge on any atom is -0.358 e. The zero-order valence-corrected chi connectivity index (χ0v) is 11.4. The Balaban J connectivity index is 0.00000144. The Morgan fingerprint density at radius 1 is 1.18 bits per heavy atom. The molecule has 2 rings (SSSR count). The van der Waals surface area contributed by atoms with Crippen molar-refractivity contribution in [2.75, 3.05) is 33.2 Å². The van der Waals surface area contributed by atoms with Crippen LogP contribution < -0.4 is 10.6 Å². The van der Waals surface area contributed by atoms with Gasteiger partial charge in [0.2, 0.25) is 5.91 Å². The van der Waals surface area contributed by atoms with Crippen molar-refractivity contribution in [1.82, 2.24) is 15.5 Å². The molecule has 5 heteroatoms. The number of hydrogen-bond acceptors (Lipinski definition) is 3. The topological polar surface area (TPSA) is 44.4 Å². The van der Waals surface area contributed by atoms with Gasteiger partial charge in [0, 0.05) is 7.05 Å². The molecule has 0 atom stereocenters. The third-order valence-corrected chi connectivity index (χ3v) is 4.04. The van der Waals surface area contributed by atoms with E-state index in [0.717, 1.165) is 39.0 Å². The van der Waals surface area contributed by atoms with Crippen molar-refractivity contribution in [2.24, 2.45) is 0 Å². The third-order valence-electron chi connectivity index (χ3n) is 4.04. The number of piperidine rings is 2. The number of carbonyl (C=O) groups excluding carboxylic acids is 1. The van der Waals surface area contributed by atoms with Gasteiger partial charge in [-0.2, -0.15) is 0 Å². The molecule has 2 N–H and O–H groups in total. The fraction of sp³-hybridized carbons (Fsp3) is 0.917. The van der Waals surface area contributed by atoms with Crippen molar-refractivity contribution < 1.29 is 4.79 Å². The number of nitrogens with one attached hydrogen (secondary N) is 2. The van der Waals surface area contributed by atoms with Crippen LogP contribution in [0, 0.1) is 0 Å². The Morgan fingerprint density at radius 3 is 2.29 bits per heavy atom. The molecule has 0 radical (unpaired) electrons. The van der Waals surface area contributed by atoms with E-state index in [2.05, 4.69) is 15.5 Å². The fourth-order valence-electron chi connectivity index (χ4n) is 3.08. The van der Waals surface area contributed by atoms with Crippen LogP contribution in [-0.2, 0) is 4.79 Å². The van der Waals surface area contributed by atoms with Crippen LogP contribution in [0.2, 0.25) is 0 Å². The van der Waals surface area contributed by atoms with E-state index in [4.69, 9.17) is 0 Å². The fourth-order valence-corrected chi connectivity index (χ4v) is 3.08. The average molecular weight is 262 g/mol. The molecule has 17 heavy (non-hydrogen) atoms. The summed E-state index contributed by atoms with van der Waals surface area (Å²) in [5, 5.41) is 6.22. The molecule has 0 bridgehead atoms. The van der Waals surface area contributed by atoms with Crippen LogP contribution >= 0.6 is 12.4 Å². The highest BCUT2D eigenvalue weighted by molar-refractivity contribution is 5.86. The molecule has 2 fully saturated rings. The number of likely N-dealkylation sites (tertiary alicyclic amines) is 1. The molecule has 0 saturated carbocycles. The highest BCUT2D eigenvalue weighted by atomic mass is 35.5. The Kier molecular flexibility index (Phi) is 5.70. The van der Waals surface area contributed by atoms with Gasteiger partial charge >= 0.3 is 0 Å². The molecule has 2 aliphatic heterocycles. The van der Waals surface area contributed by atoms with E-state index in [-0.39, 0.29) is 23.9 Å². The first-order valence-electron chi connectivity index (χ1n) is 6.47. The first-order chi connectivity index (χ1) is 7.79. The Bertz CT molecular complexity index is 248. The molecular formula is C12H24ClN3O. The summed E-state index contributed by atoms with van der Waals surface area (Å²) in [4.78, 5) is 14.6. The van der Waals surface area contributed by atoms with E-state index in [1.54, 1.807) is 7.05 Å². The average Bonchev–Trinajstić information content (AvgIpc) is 2.39. The second-order valence-electron chi connectivity index (χ2n) is 4.91. The quantitative estimate of drug-likeness (QED) is 0.772. The van der Waals surface area contributed by atoms with Gasteiger partial charge in [0.15, 0.2) is 0 Å². The normalized spacial score (nSPS) is 24.8. The number of nitrogens with zero attached hydrogens (tertiary/aromatic N) is 1. The molecule has 100 valence electrons. The van der Waals surface area contributed by atoms with Gasteiger partial charge < -0.3 is 10.6 Å². The van der Waals surface area contributed by atoms with Crippen LogP contribution in [-0.4, -0.2) is 49.6 Å². The largest absolute Gasteiger partial charge is 0.358 e. The summed E-state index contributed by atoms with van der Waals surface area (Å²) < 4.78 is 0. The third kappa shape index (κ3) is 2.92. The van der Waals surface area contributed by atoms with E-state index in [9.17, 15) is 4.79 Å². The molecule has 2 heterocycles. The zero-order chi connectivity index (χ0) is 11.4. The Labute approximate surface area is 110 Å². The number of hydrogen-bond donors (Lipinski definition) is 2. The highest BCUT2D eigenvalue weighted by Crippen LogP contribution is 2.29. The molecule has 0 unspecified atom stereocenters. The highest BCUT2D eigenvalue weighted by Gasteiger charge is 2.44. The van der Waals surface area contributed by atoms with Crippen LogP contribution in [0.15, 0.2) is 0 Å². The summed E-state index contributed by atoms with van der Waals surface area (Å²) in [5.74, 6) is 0.218. The maximum absolute atomic E-state index is 12.2. The van der Waals surface area contributed by atoms with Gasteiger partial charge in [-0.3, -0.25) is 9.69 Å². The van der Waals surface area contributed by atoms with Crippen molar-refractivity contribution in [3.8, 4) is 0 Å². The number of carbonyl (C=O) groups is 1. The first kappa shape index (κ1) is 14.7. The van der Waals surface area contributed by atoms with Crippen molar-refractivity contribution >= 4 is 18.3 Å². The molecule has 0 aromatic rings. The Hall–Kier alpha value is -0.320. The lowest BCUT2D eigenvalue weighted by molar-refractivity contribution is -0.136. The van der Waals surface area contributed by atoms with Gasteiger partial charge in [-0.25, -0.2) is 0 Å². The number of rotatable bonds is 2. The van der Waals surface area contributed by atoms with Crippen LogP contribution in [0.5, 0.6) is 0 Å². The van der Waals surface area contributed by atoms with Crippen molar-refractivity contribution in [2.45, 2.75) is 37.6 Å². The summed E-state index contributed by atoms with van der Waals surface area (Å²) in [6.07, 6.45) is 5.70. The number of amides is 1. The summed E-state index contributed by atoms with van der Waals surface area (Å²) >= 11 is 0. The Morgan fingerprint density at radius 2 is 1.76 bits per heavy atom. The summed E-state index contributed by atoms with van der Waals surface area (Å²) in [7, 11) is 1.76. The van der Waals surface area contributed by atoms with Gasteiger partial charge in [-0.1, -0.05) is 6.42 Å². The summed E-state index contributed by atoms with van der Waals surface area (Å²) in [6, 6.07) is 0. The SMILES string of the molecule is CNC(=O)C1(N2CCCCC2)CCNCC1.Cl. The van der Waals surface area contributed by atoms with E-state index < -0.39 is 0 Å². The minimum absolute atomic E-state index is 0. The number of halogens is 1. The minimum atomic E-state index is -0.222. The lowest BCUT2D eigenvalue weighted by Gasteiger charge is -2.46. The van der Waals surface area contributed by atoms with E-state index >= 15 is 0 Å². The first-order valence-corrected chi connectivity index (χ1v) is 6.47. The zero-order valence-electron chi connectivity index (χ0n) is 10.6. The number of likely N-dealkylation sites (N-methyl/N-ethyl adjacent to an activating group) is 1. The molecule has 0 aromatic heterocycles. The van der Waals surface area contributed by atoms with Gasteiger partial charge in [0.05, 0.1) is 0 Å². The van der Waals surface area contributed by atoms with Gasteiger partial charge in [0.1, 0.15) is 5.54 Å². The summed E-state index contributed by atoms with van der Waals surface area (Å²) in [5.41, 5.74) is -0.222. The van der Waals surface area contributed by atoms with E-state index in [0.29, 0.717) is 0 Å². The monoisotopic (exact) mass is 261 g/mol. The molecule has 0 aliphatic carbocycles. The van der Waals surface area contributed by atoms with Crippen molar-refractivity contribution in [3.63, 3.8) is 0 Å². The maximum atomic E-state index is 12.2. The lowest BCUT2D eigenvalue weighted by Crippen LogP contribution is -2.63. The second kappa shape index (κ2) is 6.57. The summed E-state index contributed by atoms with van der Waals surface area (Å²) in [6.45, 7) is 4.11. The van der Waals surface area contributed by atoms with Crippen LogP contribution in [0.4, 0.5) is 0 Å². The van der Waals surface area contributed by atoms with Gasteiger partial charge in [0.25, 0.3) is 0 Å². The maximum Gasteiger partial charge on any atom is 0.240 e. The van der Waals surface area contributed by atoms with Crippen molar-refractivity contribution in [3.05, 3.63) is 0 Å². The standard InChI is InChI=1S/C12H23N3O.ClH/c1-13-11(16)12(5-7-14-8-6-12)15-9-3-2-4-10-15;/h14H,2-10H2,1H3,(H,13,16);1H. The van der Waals surface area contributed by atoms with Crippen LogP contribution in [0.25, 0.3) is 0 Å². The van der Waals surface area contributed by atoms with Crippen LogP contribution in [0.3, 0.4) is 0 Å². The van der Waals surface area contributed by atoms with Gasteiger partial charge in [-0.05, 0) is 51.9 Å². The molecule has 2 saturated heterocycles. The van der Waals surface area contributed by atoms with E-state index in [1.165, 1.54) is 19.3 Å². The van der Waals surface area contributed by atoms with Crippen LogP contribution in [0.1, 0.15) is 32.1 Å². The second-order valence-corrected chi connectivity index (χ2v) is 4.91. The lowest BCUT2D eigenvalue weighted by atomic mass is 9.84. The van der Waals surface area contributed by atoms with Crippen molar-refractivity contribution in [1.29, 1.82) is 0 Å². The molecule has 1 amide bonds. The molecule has 2 aliphatic rings. The molecule has 0 aromatic carbocycles. The predicted molar refractivity (Wildman–Crippen MR) is 71.6 cm³/mol.